The molecule has 0 aromatic heterocycles. The molecule has 0 aliphatic carbocycles. The monoisotopic (exact) mass is 253 g/mol. The molecule has 2 aliphatic rings. The summed E-state index contributed by atoms with van der Waals surface area (Å²) in [5, 5.41) is 4.43. The average molecular weight is 253 g/mol. The van der Waals surface area contributed by atoms with Crippen molar-refractivity contribution in [2.24, 2.45) is 5.92 Å². The van der Waals surface area contributed by atoms with E-state index in [2.05, 4.69) is 5.32 Å². The van der Waals surface area contributed by atoms with Gasteiger partial charge in [-0.3, -0.25) is 4.79 Å². The molecule has 2 saturated heterocycles. The maximum absolute atomic E-state index is 12.2. The summed E-state index contributed by atoms with van der Waals surface area (Å²) < 4.78 is 5.63. The number of hydrogen-bond donors (Lipinski definition) is 0. The molecule has 1 radical (unpaired) electrons. The molecule has 4 nitrogen and oxygen atoms in total. The van der Waals surface area contributed by atoms with Gasteiger partial charge in [0.25, 0.3) is 0 Å². The number of ether oxygens (including phenoxy) is 1. The van der Waals surface area contributed by atoms with E-state index in [1.807, 2.05) is 18.7 Å². The van der Waals surface area contributed by atoms with E-state index in [1.54, 1.807) is 0 Å². The van der Waals surface area contributed by atoms with Crippen LogP contribution in [0.15, 0.2) is 0 Å². The lowest BCUT2D eigenvalue weighted by Gasteiger charge is -2.38. The van der Waals surface area contributed by atoms with Crippen LogP contribution in [0, 0.1) is 5.92 Å². The maximum Gasteiger partial charge on any atom is 0.222 e. The molecular formula is C14H25N2O2. The molecule has 1 atom stereocenters. The molecule has 103 valence electrons. The van der Waals surface area contributed by atoms with Crippen LogP contribution in [0.3, 0.4) is 0 Å². The molecule has 18 heavy (non-hydrogen) atoms. The van der Waals surface area contributed by atoms with Gasteiger partial charge in [-0.05, 0) is 39.0 Å². The number of carbonyl (C=O) groups excluding carboxylic acids is 1. The molecule has 2 heterocycles. The van der Waals surface area contributed by atoms with Gasteiger partial charge < -0.3 is 9.64 Å². The van der Waals surface area contributed by atoms with Crippen LogP contribution in [0.2, 0.25) is 0 Å². The van der Waals surface area contributed by atoms with Crippen LogP contribution in [0.5, 0.6) is 0 Å². The Bertz CT molecular complexity index is 286. The predicted molar refractivity (Wildman–Crippen MR) is 70.4 cm³/mol. The first kappa shape index (κ1) is 13.8. The molecule has 2 aliphatic heterocycles. The van der Waals surface area contributed by atoms with Gasteiger partial charge in [-0.25, -0.2) is 5.32 Å². The highest BCUT2D eigenvalue weighted by molar-refractivity contribution is 5.76. The first-order valence-corrected chi connectivity index (χ1v) is 7.12. The Morgan fingerprint density at radius 2 is 2.33 bits per heavy atom. The topological polar surface area (TPSA) is 43.6 Å². The van der Waals surface area contributed by atoms with Crippen LogP contribution >= 0.6 is 0 Å². The van der Waals surface area contributed by atoms with Crippen molar-refractivity contribution < 1.29 is 9.53 Å². The summed E-state index contributed by atoms with van der Waals surface area (Å²) in [5.74, 6) is 0.925. The second-order valence-electron chi connectivity index (χ2n) is 6.10. The van der Waals surface area contributed by atoms with E-state index in [4.69, 9.17) is 4.74 Å². The van der Waals surface area contributed by atoms with Gasteiger partial charge in [0.1, 0.15) is 0 Å². The summed E-state index contributed by atoms with van der Waals surface area (Å²) in [6.45, 7) is 8.21. The highest BCUT2D eigenvalue weighted by Gasteiger charge is 2.29. The van der Waals surface area contributed by atoms with E-state index >= 15 is 0 Å². The van der Waals surface area contributed by atoms with Gasteiger partial charge in [0.15, 0.2) is 0 Å². The highest BCUT2D eigenvalue weighted by atomic mass is 16.5. The fourth-order valence-electron chi connectivity index (χ4n) is 2.81. The summed E-state index contributed by atoms with van der Waals surface area (Å²) in [6.07, 6.45) is 4.12. The molecule has 2 fully saturated rings. The number of morpholine rings is 1. The highest BCUT2D eigenvalue weighted by Crippen LogP contribution is 2.20. The normalized spacial score (nSPS) is 28.1. The third-order valence-corrected chi connectivity index (χ3v) is 3.86. The SMILES string of the molecule is CC1(C)CN(C(=O)CCC2CCC[N]C2)CCO1. The molecule has 4 heteroatoms. The standard InChI is InChI=1S/C14H25N2O2/c1-14(2)11-16(8-9-18-14)13(17)6-5-12-4-3-7-15-10-12/h12H,3-11H2,1-2H3. The number of piperidine rings is 1. The molecule has 0 aromatic rings. The minimum absolute atomic E-state index is 0.186. The van der Waals surface area contributed by atoms with Gasteiger partial charge in [-0.2, -0.15) is 0 Å². The van der Waals surface area contributed by atoms with Crippen molar-refractivity contribution in [1.29, 1.82) is 0 Å². The van der Waals surface area contributed by atoms with Crippen LogP contribution in [0.1, 0.15) is 39.5 Å². The van der Waals surface area contributed by atoms with Crippen LogP contribution in [0.4, 0.5) is 0 Å². The number of hydrogen-bond acceptors (Lipinski definition) is 2. The summed E-state index contributed by atoms with van der Waals surface area (Å²) in [6, 6.07) is 0. The van der Waals surface area contributed by atoms with E-state index in [9.17, 15) is 4.79 Å². The summed E-state index contributed by atoms with van der Waals surface area (Å²) in [4.78, 5) is 14.1. The molecule has 0 bridgehead atoms. The number of amides is 1. The lowest BCUT2D eigenvalue weighted by molar-refractivity contribution is -0.146. The van der Waals surface area contributed by atoms with Crippen molar-refractivity contribution >= 4 is 5.91 Å². The van der Waals surface area contributed by atoms with E-state index in [1.165, 1.54) is 12.8 Å². The minimum atomic E-state index is -0.186. The van der Waals surface area contributed by atoms with Crippen molar-refractivity contribution in [2.45, 2.75) is 45.1 Å². The maximum atomic E-state index is 12.2. The third kappa shape index (κ3) is 3.95. The number of nitrogens with zero attached hydrogens (tertiary/aromatic N) is 2. The Morgan fingerprint density at radius 3 is 3.00 bits per heavy atom. The van der Waals surface area contributed by atoms with Gasteiger partial charge in [-0.1, -0.05) is 0 Å². The second kappa shape index (κ2) is 6.02. The van der Waals surface area contributed by atoms with Gasteiger partial charge in [0, 0.05) is 32.6 Å². The van der Waals surface area contributed by atoms with Crippen molar-refractivity contribution in [3.05, 3.63) is 0 Å². The molecule has 1 amide bonds. The minimum Gasteiger partial charge on any atom is -0.372 e. The third-order valence-electron chi connectivity index (χ3n) is 3.86. The Labute approximate surface area is 110 Å². The first-order valence-electron chi connectivity index (χ1n) is 7.12. The lowest BCUT2D eigenvalue weighted by atomic mass is 9.94. The van der Waals surface area contributed by atoms with Gasteiger partial charge >= 0.3 is 0 Å². The van der Waals surface area contributed by atoms with Crippen molar-refractivity contribution in [1.82, 2.24) is 10.2 Å². The fourth-order valence-corrected chi connectivity index (χ4v) is 2.81. The number of rotatable bonds is 3. The van der Waals surface area contributed by atoms with E-state index in [0.29, 0.717) is 18.9 Å². The molecule has 0 aromatic carbocycles. The van der Waals surface area contributed by atoms with Crippen LogP contribution in [-0.4, -0.2) is 49.2 Å². The lowest BCUT2D eigenvalue weighted by Crippen LogP contribution is -2.50. The zero-order valence-electron chi connectivity index (χ0n) is 11.7. The Morgan fingerprint density at radius 1 is 1.50 bits per heavy atom. The average Bonchev–Trinajstić information content (AvgIpc) is 2.36. The zero-order valence-corrected chi connectivity index (χ0v) is 11.7. The Kier molecular flexibility index (Phi) is 4.62. The van der Waals surface area contributed by atoms with Gasteiger partial charge in [0.05, 0.1) is 12.2 Å². The summed E-state index contributed by atoms with van der Waals surface area (Å²) in [5.41, 5.74) is -0.186. The Balaban J connectivity index is 1.73. The van der Waals surface area contributed by atoms with Crippen molar-refractivity contribution in [3.8, 4) is 0 Å². The van der Waals surface area contributed by atoms with Crippen LogP contribution < -0.4 is 5.32 Å². The predicted octanol–water partition coefficient (Wildman–Crippen LogP) is 1.42. The van der Waals surface area contributed by atoms with E-state index < -0.39 is 0 Å². The summed E-state index contributed by atoms with van der Waals surface area (Å²) >= 11 is 0. The first-order chi connectivity index (χ1) is 8.57. The molecule has 0 N–H and O–H groups in total. The van der Waals surface area contributed by atoms with E-state index in [-0.39, 0.29) is 11.5 Å². The van der Waals surface area contributed by atoms with Crippen molar-refractivity contribution in [3.63, 3.8) is 0 Å². The molecule has 0 saturated carbocycles. The van der Waals surface area contributed by atoms with Crippen LogP contribution in [-0.2, 0) is 9.53 Å². The summed E-state index contributed by atoms with van der Waals surface area (Å²) in [7, 11) is 0. The molecule has 1 unspecified atom stereocenters. The molecule has 2 rings (SSSR count). The van der Waals surface area contributed by atoms with Gasteiger partial charge in [-0.15, -0.1) is 0 Å². The smallest absolute Gasteiger partial charge is 0.222 e. The Hall–Kier alpha value is -0.610. The number of carbonyl (C=O) groups is 1. The van der Waals surface area contributed by atoms with E-state index in [0.717, 1.165) is 32.6 Å². The quantitative estimate of drug-likeness (QED) is 0.763. The van der Waals surface area contributed by atoms with Crippen molar-refractivity contribution in [2.75, 3.05) is 32.8 Å². The fraction of sp³-hybridized carbons (Fsp3) is 0.929. The van der Waals surface area contributed by atoms with Gasteiger partial charge in [0.2, 0.25) is 5.91 Å². The molecular weight excluding hydrogens is 228 g/mol. The largest absolute Gasteiger partial charge is 0.372 e. The molecule has 0 spiro atoms. The second-order valence-corrected chi connectivity index (χ2v) is 6.10. The zero-order chi connectivity index (χ0) is 13.0. The van der Waals surface area contributed by atoms with Crippen LogP contribution in [0.25, 0.3) is 0 Å².